The molecule has 8 nitrogen and oxygen atoms in total. The fourth-order valence-electron chi connectivity index (χ4n) is 2.32. The van der Waals surface area contributed by atoms with Gasteiger partial charge in [-0.05, 0) is 31.0 Å². The molecular formula is C16H22N8. The second kappa shape index (κ2) is 7.58. The van der Waals surface area contributed by atoms with Gasteiger partial charge in [-0.2, -0.15) is 10.2 Å². The average molecular weight is 326 g/mol. The van der Waals surface area contributed by atoms with Crippen molar-refractivity contribution in [1.29, 1.82) is 0 Å². The van der Waals surface area contributed by atoms with Gasteiger partial charge in [-0.1, -0.05) is 18.2 Å². The van der Waals surface area contributed by atoms with E-state index >= 15 is 0 Å². The highest BCUT2D eigenvalue weighted by Gasteiger charge is 2.06. The van der Waals surface area contributed by atoms with E-state index in [2.05, 4.69) is 47.7 Å². The first-order valence-electron chi connectivity index (χ1n) is 8.00. The first kappa shape index (κ1) is 16.0. The molecule has 2 aliphatic rings. The smallest absolute Gasteiger partial charge is 0.212 e. The third-order valence-corrected chi connectivity index (χ3v) is 3.71. The Kier molecular flexibility index (Phi) is 5.05. The minimum atomic E-state index is 0.720. The lowest BCUT2D eigenvalue weighted by Gasteiger charge is -2.07. The lowest BCUT2D eigenvalue weighted by atomic mass is 10.1. The van der Waals surface area contributed by atoms with E-state index in [0.717, 1.165) is 60.6 Å². The Bertz CT molecular complexity index is 659. The molecule has 3 rings (SSSR count). The molecule has 0 saturated carbocycles. The highest BCUT2D eigenvalue weighted by Crippen LogP contribution is 2.08. The maximum absolute atomic E-state index is 4.37. The van der Waals surface area contributed by atoms with Gasteiger partial charge < -0.3 is 10.6 Å². The molecule has 0 spiro atoms. The van der Waals surface area contributed by atoms with Gasteiger partial charge in [-0.3, -0.25) is 0 Å². The van der Waals surface area contributed by atoms with Gasteiger partial charge in [-0.25, -0.2) is 20.8 Å². The fourth-order valence-corrected chi connectivity index (χ4v) is 2.32. The number of hydrazone groups is 2. The average Bonchev–Trinajstić information content (AvgIpc) is 3.31. The molecule has 8 heteroatoms. The monoisotopic (exact) mass is 326 g/mol. The summed E-state index contributed by atoms with van der Waals surface area (Å²) in [6, 6.07) is 8.11. The molecule has 0 aromatic heterocycles. The fraction of sp³-hybridized carbons (Fsp3) is 0.375. The van der Waals surface area contributed by atoms with Crippen molar-refractivity contribution in [2.24, 2.45) is 20.2 Å². The van der Waals surface area contributed by atoms with Crippen LogP contribution in [0.2, 0.25) is 0 Å². The summed E-state index contributed by atoms with van der Waals surface area (Å²) in [5, 5.41) is 15.0. The zero-order valence-electron chi connectivity index (χ0n) is 13.9. The van der Waals surface area contributed by atoms with Gasteiger partial charge >= 0.3 is 0 Å². The molecule has 1 aromatic carbocycles. The number of nitrogens with one attached hydrogen (secondary N) is 4. The molecule has 24 heavy (non-hydrogen) atoms. The molecular weight excluding hydrogens is 304 g/mol. The second-order valence-electron chi connectivity index (χ2n) is 5.51. The van der Waals surface area contributed by atoms with E-state index in [9.17, 15) is 0 Å². The Labute approximate surface area is 141 Å². The zero-order chi connectivity index (χ0) is 16.8. The lowest BCUT2D eigenvalue weighted by molar-refractivity contribution is 0.916. The number of nitrogens with zero attached hydrogens (tertiary/aromatic N) is 4. The minimum absolute atomic E-state index is 0.720. The number of guanidine groups is 2. The Hall–Kier alpha value is -2.90. The first-order chi connectivity index (χ1) is 11.7. The van der Waals surface area contributed by atoms with Crippen molar-refractivity contribution in [1.82, 2.24) is 21.5 Å². The summed E-state index contributed by atoms with van der Waals surface area (Å²) < 4.78 is 0. The predicted molar refractivity (Wildman–Crippen MR) is 97.7 cm³/mol. The van der Waals surface area contributed by atoms with Gasteiger partial charge in [0.2, 0.25) is 11.9 Å². The highest BCUT2D eigenvalue weighted by molar-refractivity contribution is 6.04. The molecule has 4 N–H and O–H groups in total. The molecule has 0 amide bonds. The number of rotatable bonds is 4. The molecule has 0 aliphatic carbocycles. The maximum Gasteiger partial charge on any atom is 0.212 e. The highest BCUT2D eigenvalue weighted by atomic mass is 15.4. The van der Waals surface area contributed by atoms with E-state index < -0.39 is 0 Å². The van der Waals surface area contributed by atoms with E-state index in [-0.39, 0.29) is 0 Å². The van der Waals surface area contributed by atoms with E-state index in [4.69, 9.17) is 0 Å². The molecule has 1 aromatic rings. The molecule has 0 bridgehead atoms. The number of hydrogen-bond acceptors (Lipinski definition) is 8. The molecule has 126 valence electrons. The van der Waals surface area contributed by atoms with Crippen LogP contribution in [0, 0.1) is 0 Å². The molecule has 0 unspecified atom stereocenters. The Morgan fingerprint density at radius 1 is 0.917 bits per heavy atom. The van der Waals surface area contributed by atoms with Crippen LogP contribution < -0.4 is 21.5 Å². The van der Waals surface area contributed by atoms with E-state index in [1.165, 1.54) is 0 Å². The van der Waals surface area contributed by atoms with Crippen LogP contribution in [-0.2, 0) is 0 Å². The van der Waals surface area contributed by atoms with Crippen molar-refractivity contribution in [3.8, 4) is 0 Å². The van der Waals surface area contributed by atoms with Gasteiger partial charge in [0, 0.05) is 13.1 Å². The summed E-state index contributed by atoms with van der Waals surface area (Å²) >= 11 is 0. The Balaban J connectivity index is 1.68. The summed E-state index contributed by atoms with van der Waals surface area (Å²) in [7, 11) is 0. The van der Waals surface area contributed by atoms with Crippen molar-refractivity contribution in [2.45, 2.75) is 13.8 Å². The summed E-state index contributed by atoms with van der Waals surface area (Å²) in [6.45, 7) is 7.21. The maximum atomic E-state index is 4.37. The lowest BCUT2D eigenvalue weighted by Crippen LogP contribution is -2.31. The largest absolute Gasteiger partial charge is 0.353 e. The van der Waals surface area contributed by atoms with E-state index in [1.807, 2.05) is 32.0 Å². The van der Waals surface area contributed by atoms with Crippen LogP contribution in [0.4, 0.5) is 0 Å². The zero-order valence-corrected chi connectivity index (χ0v) is 13.9. The van der Waals surface area contributed by atoms with E-state index in [0.29, 0.717) is 0 Å². The van der Waals surface area contributed by atoms with Crippen molar-refractivity contribution in [2.75, 3.05) is 26.2 Å². The first-order valence-corrected chi connectivity index (χ1v) is 8.00. The van der Waals surface area contributed by atoms with Crippen LogP contribution in [0.15, 0.2) is 44.5 Å². The number of aliphatic imine (C=N–C) groups is 2. The predicted octanol–water partition coefficient (Wildman–Crippen LogP) is 0.232. The SMILES string of the molecule is C/C(=N\NC1=NCCN1)c1cccc(/C(C)=N/NC2=NCCN2)c1. The van der Waals surface area contributed by atoms with Gasteiger partial charge in [0.15, 0.2) is 0 Å². The van der Waals surface area contributed by atoms with Crippen LogP contribution in [-0.4, -0.2) is 49.5 Å². The van der Waals surface area contributed by atoms with Crippen molar-refractivity contribution in [3.05, 3.63) is 35.4 Å². The van der Waals surface area contributed by atoms with Crippen molar-refractivity contribution >= 4 is 23.3 Å². The molecule has 2 aliphatic heterocycles. The van der Waals surface area contributed by atoms with Crippen LogP contribution in [0.1, 0.15) is 25.0 Å². The van der Waals surface area contributed by atoms with Crippen LogP contribution in [0.3, 0.4) is 0 Å². The topological polar surface area (TPSA) is 97.6 Å². The quantitative estimate of drug-likeness (QED) is 0.470. The molecule has 0 atom stereocenters. The summed E-state index contributed by atoms with van der Waals surface area (Å²) in [4.78, 5) is 8.50. The number of hydrogen-bond donors (Lipinski definition) is 4. The molecule has 0 fully saturated rings. The van der Waals surface area contributed by atoms with Gasteiger partial charge in [0.1, 0.15) is 0 Å². The normalized spacial score (nSPS) is 17.8. The Morgan fingerprint density at radius 3 is 1.83 bits per heavy atom. The van der Waals surface area contributed by atoms with Crippen LogP contribution in [0.5, 0.6) is 0 Å². The molecule has 0 saturated heterocycles. The van der Waals surface area contributed by atoms with Gasteiger partial charge in [-0.15, -0.1) is 0 Å². The second-order valence-corrected chi connectivity index (χ2v) is 5.51. The summed E-state index contributed by atoms with van der Waals surface area (Å²) in [6.07, 6.45) is 0. The number of benzene rings is 1. The molecule has 0 radical (unpaired) electrons. The summed E-state index contributed by atoms with van der Waals surface area (Å²) in [5.41, 5.74) is 9.74. The summed E-state index contributed by atoms with van der Waals surface area (Å²) in [5.74, 6) is 1.44. The minimum Gasteiger partial charge on any atom is -0.353 e. The van der Waals surface area contributed by atoms with Gasteiger partial charge in [0.05, 0.1) is 24.5 Å². The van der Waals surface area contributed by atoms with Crippen LogP contribution in [0.25, 0.3) is 0 Å². The molecule has 2 heterocycles. The standard InChI is InChI=1S/C16H22N8/c1-11(21-23-15-17-6-7-18-15)13-4-3-5-14(10-13)12(2)22-24-16-19-8-9-20-16/h3-5,10H,6-9H2,1-2H3,(H2,17,18,23)(H2,19,20,24)/b21-11+,22-12+. The third-order valence-electron chi connectivity index (χ3n) is 3.71. The van der Waals surface area contributed by atoms with Crippen LogP contribution >= 0.6 is 0 Å². The third kappa shape index (κ3) is 4.09. The van der Waals surface area contributed by atoms with Crippen molar-refractivity contribution < 1.29 is 0 Å². The Morgan fingerprint density at radius 2 is 1.42 bits per heavy atom. The van der Waals surface area contributed by atoms with Gasteiger partial charge in [0.25, 0.3) is 0 Å². The van der Waals surface area contributed by atoms with E-state index in [1.54, 1.807) is 0 Å². The van der Waals surface area contributed by atoms with Crippen molar-refractivity contribution in [3.63, 3.8) is 0 Å².